The van der Waals surface area contributed by atoms with Crippen LogP contribution in [0.1, 0.15) is 17.7 Å². The Hall–Kier alpha value is -3.86. The Morgan fingerprint density at radius 3 is 2.74 bits per heavy atom. The lowest BCUT2D eigenvalue weighted by molar-refractivity contribution is 0.310. The van der Waals surface area contributed by atoms with E-state index in [-0.39, 0.29) is 0 Å². The van der Waals surface area contributed by atoms with Gasteiger partial charge in [0.25, 0.3) is 0 Å². The second kappa shape index (κ2) is 8.48. The molecule has 5 nitrogen and oxygen atoms in total. The third-order valence-electron chi connectivity index (χ3n) is 5.43. The van der Waals surface area contributed by atoms with Gasteiger partial charge in [0.05, 0.1) is 36.5 Å². The molecule has 0 radical (unpaired) electrons. The summed E-state index contributed by atoms with van der Waals surface area (Å²) in [6, 6.07) is 20.7. The number of hydrogen-bond donors (Lipinski definition) is 1. The molecule has 3 aromatic heterocycles. The summed E-state index contributed by atoms with van der Waals surface area (Å²) in [6.07, 6.45) is 7.11. The Labute approximate surface area is 180 Å². The zero-order valence-electron chi connectivity index (χ0n) is 17.3. The van der Waals surface area contributed by atoms with Gasteiger partial charge in [0.15, 0.2) is 0 Å². The lowest BCUT2D eigenvalue weighted by Gasteiger charge is -2.12. The molecule has 0 aliphatic rings. The largest absolute Gasteiger partial charge is 0.492 e. The molecule has 2 aromatic carbocycles. The van der Waals surface area contributed by atoms with E-state index in [2.05, 4.69) is 52.7 Å². The number of nitrogens with zero attached hydrogens (tertiary/aromatic N) is 2. The van der Waals surface area contributed by atoms with E-state index in [1.54, 1.807) is 18.7 Å². The van der Waals surface area contributed by atoms with Gasteiger partial charge in [-0.15, -0.1) is 0 Å². The number of rotatable bonds is 7. The molecule has 5 rings (SSSR count). The second-order valence-electron chi connectivity index (χ2n) is 7.60. The highest BCUT2D eigenvalue weighted by Gasteiger charge is 2.14. The van der Waals surface area contributed by atoms with Crippen LogP contribution in [-0.2, 0) is 6.42 Å². The maximum absolute atomic E-state index is 6.05. The number of pyridine rings is 1. The third-order valence-corrected chi connectivity index (χ3v) is 5.43. The summed E-state index contributed by atoms with van der Waals surface area (Å²) in [4.78, 5) is 4.72. The van der Waals surface area contributed by atoms with Gasteiger partial charge in [-0.1, -0.05) is 36.4 Å². The minimum absolute atomic E-state index is 0.640. The topological polar surface area (TPSA) is 63.9 Å². The van der Waals surface area contributed by atoms with Gasteiger partial charge < -0.3 is 9.15 Å². The first-order valence-corrected chi connectivity index (χ1v) is 10.4. The van der Waals surface area contributed by atoms with Gasteiger partial charge in [0.1, 0.15) is 5.75 Å². The molecule has 31 heavy (non-hydrogen) atoms. The number of benzene rings is 2. The highest BCUT2D eigenvalue weighted by atomic mass is 16.5. The smallest absolute Gasteiger partial charge is 0.138 e. The van der Waals surface area contributed by atoms with Gasteiger partial charge in [-0.2, -0.15) is 5.10 Å². The Morgan fingerprint density at radius 1 is 1.00 bits per heavy atom. The molecule has 0 aliphatic carbocycles. The fraction of sp³-hybridized carbons (Fsp3) is 0.154. The van der Waals surface area contributed by atoms with Gasteiger partial charge >= 0.3 is 0 Å². The molecule has 0 spiro atoms. The molecule has 0 atom stereocenters. The molecule has 0 amide bonds. The van der Waals surface area contributed by atoms with Crippen molar-refractivity contribution in [1.29, 1.82) is 0 Å². The number of aryl methyl sites for hydroxylation is 2. The summed E-state index contributed by atoms with van der Waals surface area (Å²) in [7, 11) is 0. The molecule has 0 saturated carbocycles. The van der Waals surface area contributed by atoms with Crippen LogP contribution in [0.15, 0.2) is 83.8 Å². The minimum Gasteiger partial charge on any atom is -0.492 e. The third kappa shape index (κ3) is 4.08. The number of ether oxygens (including phenoxy) is 1. The van der Waals surface area contributed by atoms with Crippen molar-refractivity contribution in [3.8, 4) is 28.1 Å². The molecule has 3 heterocycles. The van der Waals surface area contributed by atoms with Crippen molar-refractivity contribution in [1.82, 2.24) is 15.2 Å². The van der Waals surface area contributed by atoms with Crippen molar-refractivity contribution in [2.75, 3.05) is 6.61 Å². The van der Waals surface area contributed by atoms with Crippen LogP contribution in [0.4, 0.5) is 0 Å². The predicted molar refractivity (Wildman–Crippen MR) is 122 cm³/mol. The van der Waals surface area contributed by atoms with Crippen LogP contribution in [0.5, 0.6) is 5.75 Å². The van der Waals surface area contributed by atoms with Gasteiger partial charge in [-0.25, -0.2) is 0 Å². The van der Waals surface area contributed by atoms with Gasteiger partial charge in [-0.3, -0.25) is 10.1 Å². The summed E-state index contributed by atoms with van der Waals surface area (Å²) in [5.41, 5.74) is 7.19. The van der Waals surface area contributed by atoms with Crippen LogP contribution >= 0.6 is 0 Å². The summed E-state index contributed by atoms with van der Waals surface area (Å²) in [6.45, 7) is 2.67. The molecular formula is C26H23N3O2. The first-order valence-electron chi connectivity index (χ1n) is 10.4. The zero-order chi connectivity index (χ0) is 21.0. The van der Waals surface area contributed by atoms with Crippen LogP contribution in [0, 0.1) is 6.92 Å². The quantitative estimate of drug-likeness (QED) is 0.325. The van der Waals surface area contributed by atoms with E-state index in [1.807, 2.05) is 25.1 Å². The Morgan fingerprint density at radius 2 is 1.90 bits per heavy atom. The average molecular weight is 409 g/mol. The van der Waals surface area contributed by atoms with E-state index in [9.17, 15) is 0 Å². The molecule has 0 unspecified atom stereocenters. The van der Waals surface area contributed by atoms with Crippen LogP contribution < -0.4 is 4.74 Å². The highest BCUT2D eigenvalue weighted by Crippen LogP contribution is 2.35. The summed E-state index contributed by atoms with van der Waals surface area (Å²) in [5.74, 6) is 0.763. The zero-order valence-corrected chi connectivity index (χ0v) is 17.3. The van der Waals surface area contributed by atoms with Crippen molar-refractivity contribution in [3.05, 3.63) is 90.6 Å². The molecule has 154 valence electrons. The van der Waals surface area contributed by atoms with Crippen molar-refractivity contribution in [3.63, 3.8) is 0 Å². The lowest BCUT2D eigenvalue weighted by atomic mass is 9.99. The number of fused-ring (bicyclic) bond motifs is 1. The molecule has 5 aromatic rings. The maximum Gasteiger partial charge on any atom is 0.138 e. The fourth-order valence-corrected chi connectivity index (χ4v) is 3.79. The number of furan rings is 1. The number of aromatic amines is 1. The van der Waals surface area contributed by atoms with Crippen LogP contribution in [0.25, 0.3) is 33.3 Å². The minimum atomic E-state index is 0.640. The Bertz CT molecular complexity index is 1290. The van der Waals surface area contributed by atoms with Crippen LogP contribution in [-0.4, -0.2) is 21.8 Å². The van der Waals surface area contributed by atoms with Crippen molar-refractivity contribution in [2.45, 2.75) is 19.8 Å². The summed E-state index contributed by atoms with van der Waals surface area (Å²) >= 11 is 0. The number of aromatic nitrogens is 3. The SMILES string of the molecule is Cc1[nH]nc2ccc(-c3cc(OCCCc4ccccc4)cnc3-c3ccoc3)cc12. The highest BCUT2D eigenvalue weighted by molar-refractivity contribution is 5.90. The first kappa shape index (κ1) is 19.1. The number of hydrogen-bond acceptors (Lipinski definition) is 4. The Balaban J connectivity index is 1.42. The first-order chi connectivity index (χ1) is 15.3. The van der Waals surface area contributed by atoms with Crippen LogP contribution in [0.3, 0.4) is 0 Å². The van der Waals surface area contributed by atoms with E-state index in [4.69, 9.17) is 14.1 Å². The van der Waals surface area contributed by atoms with E-state index in [0.29, 0.717) is 6.61 Å². The average Bonchev–Trinajstić information content (AvgIpc) is 3.48. The normalized spacial score (nSPS) is 11.1. The van der Waals surface area contributed by atoms with E-state index in [1.165, 1.54) is 5.56 Å². The monoisotopic (exact) mass is 409 g/mol. The number of nitrogens with one attached hydrogen (secondary N) is 1. The predicted octanol–water partition coefficient (Wildman–Crippen LogP) is 6.20. The van der Waals surface area contributed by atoms with E-state index >= 15 is 0 Å². The molecule has 0 saturated heterocycles. The second-order valence-corrected chi connectivity index (χ2v) is 7.60. The standard InChI is InChI=1S/C26H23N3O2/c1-18-23-14-20(9-10-25(23)29-28-18)24-15-22(16-27-26(24)21-11-13-30-17-21)31-12-5-8-19-6-3-2-4-7-19/h2-4,6-7,9-11,13-17H,5,8,12H2,1H3,(H,28,29). The van der Waals surface area contributed by atoms with E-state index < -0.39 is 0 Å². The Kier molecular flexibility index (Phi) is 5.23. The molecule has 5 heteroatoms. The molecule has 0 aliphatic heterocycles. The van der Waals surface area contributed by atoms with Gasteiger partial charge in [-0.05, 0) is 55.2 Å². The van der Waals surface area contributed by atoms with Gasteiger partial charge in [0.2, 0.25) is 0 Å². The van der Waals surface area contributed by atoms with Crippen molar-refractivity contribution < 1.29 is 9.15 Å². The fourth-order valence-electron chi connectivity index (χ4n) is 3.79. The number of H-pyrrole nitrogens is 1. The van der Waals surface area contributed by atoms with Gasteiger partial charge in [0, 0.05) is 22.2 Å². The lowest BCUT2D eigenvalue weighted by Crippen LogP contribution is -2.00. The molecular weight excluding hydrogens is 386 g/mol. The summed E-state index contributed by atoms with van der Waals surface area (Å²) in [5, 5.41) is 8.49. The van der Waals surface area contributed by atoms with Crippen molar-refractivity contribution in [2.24, 2.45) is 0 Å². The molecule has 1 N–H and O–H groups in total. The van der Waals surface area contributed by atoms with Crippen molar-refractivity contribution >= 4 is 10.9 Å². The molecule has 0 bridgehead atoms. The summed E-state index contributed by atoms with van der Waals surface area (Å²) < 4.78 is 11.4. The molecule has 0 fully saturated rings. The van der Waals surface area contributed by atoms with E-state index in [0.717, 1.165) is 57.6 Å². The van der Waals surface area contributed by atoms with Crippen LogP contribution in [0.2, 0.25) is 0 Å². The maximum atomic E-state index is 6.05.